The molecule has 0 fully saturated rings. The van der Waals surface area contributed by atoms with Crippen LogP contribution in [-0.2, 0) is 13.2 Å². The van der Waals surface area contributed by atoms with E-state index in [1.54, 1.807) is 42.3 Å². The fraction of sp³-hybridized carbons (Fsp3) is 0.120. The second kappa shape index (κ2) is 10.2. The van der Waals surface area contributed by atoms with Crippen LogP contribution in [0.2, 0.25) is 5.02 Å². The lowest BCUT2D eigenvalue weighted by Gasteiger charge is -2.08. The Balaban J connectivity index is 1.32. The van der Waals surface area contributed by atoms with Gasteiger partial charge in [-0.2, -0.15) is 5.10 Å². The van der Waals surface area contributed by atoms with E-state index in [9.17, 15) is 9.18 Å². The molecule has 0 bridgehead atoms. The summed E-state index contributed by atoms with van der Waals surface area (Å²) >= 11 is 6.07. The molecule has 4 aromatic rings. The molecule has 4 rings (SSSR count). The van der Waals surface area contributed by atoms with Crippen LogP contribution in [0.5, 0.6) is 11.5 Å². The summed E-state index contributed by atoms with van der Waals surface area (Å²) in [5.74, 6) is 1.24. The second-order valence-corrected chi connectivity index (χ2v) is 7.66. The predicted octanol–water partition coefficient (Wildman–Crippen LogP) is 5.56. The Kier molecular flexibility index (Phi) is 6.90. The van der Waals surface area contributed by atoms with Gasteiger partial charge in [-0.3, -0.25) is 9.48 Å². The molecule has 1 aromatic heterocycles. The number of nitrogens with zero attached hydrogens (tertiary/aromatic N) is 2. The minimum absolute atomic E-state index is 0.275. The smallest absolute Gasteiger partial charge is 0.256 e. The van der Waals surface area contributed by atoms with Crippen molar-refractivity contribution in [2.45, 2.75) is 13.2 Å². The summed E-state index contributed by atoms with van der Waals surface area (Å²) in [6.07, 6.45) is 1.72. The summed E-state index contributed by atoms with van der Waals surface area (Å²) in [5, 5.41) is 7.43. The summed E-state index contributed by atoms with van der Waals surface area (Å²) in [6.45, 7) is 0.739. The molecule has 1 heterocycles. The third-order valence-corrected chi connectivity index (χ3v) is 5.26. The van der Waals surface area contributed by atoms with Crippen LogP contribution in [0.4, 0.5) is 10.2 Å². The highest BCUT2D eigenvalue weighted by Gasteiger charge is 2.10. The molecular formula is C25H21ClFN3O3. The number of aromatic nitrogens is 2. The Morgan fingerprint density at radius 2 is 1.76 bits per heavy atom. The number of hydrogen-bond acceptors (Lipinski definition) is 4. The van der Waals surface area contributed by atoms with Gasteiger partial charge < -0.3 is 14.8 Å². The fourth-order valence-electron chi connectivity index (χ4n) is 3.12. The van der Waals surface area contributed by atoms with Gasteiger partial charge in [0.05, 0.1) is 13.7 Å². The van der Waals surface area contributed by atoms with E-state index in [4.69, 9.17) is 21.1 Å². The Morgan fingerprint density at radius 3 is 2.45 bits per heavy atom. The first-order valence-corrected chi connectivity index (χ1v) is 10.5. The Labute approximate surface area is 195 Å². The average molecular weight is 466 g/mol. The van der Waals surface area contributed by atoms with Gasteiger partial charge in [0.2, 0.25) is 0 Å². The summed E-state index contributed by atoms with van der Waals surface area (Å²) in [6, 6.07) is 20.4. The van der Waals surface area contributed by atoms with Crippen LogP contribution >= 0.6 is 11.6 Å². The van der Waals surface area contributed by atoms with Gasteiger partial charge in [-0.1, -0.05) is 29.8 Å². The van der Waals surface area contributed by atoms with Crippen LogP contribution in [0.1, 0.15) is 21.5 Å². The van der Waals surface area contributed by atoms with Crippen molar-refractivity contribution >= 4 is 23.3 Å². The van der Waals surface area contributed by atoms with Crippen molar-refractivity contribution < 1.29 is 18.7 Å². The lowest BCUT2D eigenvalue weighted by atomic mass is 10.1. The number of carbonyl (C=O) groups is 1. The number of halogens is 2. The van der Waals surface area contributed by atoms with Crippen LogP contribution < -0.4 is 14.8 Å². The van der Waals surface area contributed by atoms with E-state index in [0.717, 1.165) is 22.6 Å². The van der Waals surface area contributed by atoms with E-state index < -0.39 is 5.82 Å². The molecule has 0 atom stereocenters. The van der Waals surface area contributed by atoms with Gasteiger partial charge in [-0.25, -0.2) is 4.39 Å². The van der Waals surface area contributed by atoms with Gasteiger partial charge in [0.1, 0.15) is 23.9 Å². The van der Waals surface area contributed by atoms with Crippen molar-refractivity contribution in [2.75, 3.05) is 12.4 Å². The molecule has 0 aliphatic heterocycles. The van der Waals surface area contributed by atoms with Crippen molar-refractivity contribution in [3.8, 4) is 11.5 Å². The zero-order valence-corrected chi connectivity index (χ0v) is 18.6. The molecule has 6 nitrogen and oxygen atoms in total. The van der Waals surface area contributed by atoms with E-state index in [1.165, 1.54) is 12.1 Å². The first-order chi connectivity index (χ1) is 16.0. The highest BCUT2D eigenvalue weighted by atomic mass is 35.5. The molecule has 8 heteroatoms. The summed E-state index contributed by atoms with van der Waals surface area (Å²) < 4.78 is 25.7. The molecule has 0 saturated carbocycles. The lowest BCUT2D eigenvalue weighted by molar-refractivity contribution is 0.102. The molecule has 1 N–H and O–H groups in total. The van der Waals surface area contributed by atoms with Gasteiger partial charge in [-0.05, 0) is 59.7 Å². The molecule has 0 unspecified atom stereocenters. The van der Waals surface area contributed by atoms with Gasteiger partial charge >= 0.3 is 0 Å². The largest absolute Gasteiger partial charge is 0.497 e. The monoisotopic (exact) mass is 465 g/mol. The quantitative estimate of drug-likeness (QED) is 0.370. The summed E-state index contributed by atoms with van der Waals surface area (Å²) in [5.41, 5.74) is 2.16. The van der Waals surface area contributed by atoms with E-state index in [-0.39, 0.29) is 5.91 Å². The number of nitrogens with one attached hydrogen (secondary N) is 1. The lowest BCUT2D eigenvalue weighted by Crippen LogP contribution is -2.13. The van der Waals surface area contributed by atoms with Crippen molar-refractivity contribution in [1.29, 1.82) is 0 Å². The molecule has 0 aliphatic carbocycles. The molecule has 168 valence electrons. The van der Waals surface area contributed by atoms with Crippen LogP contribution in [-0.4, -0.2) is 22.8 Å². The maximum atomic E-state index is 13.2. The number of ether oxygens (including phenoxy) is 2. The number of amides is 1. The molecule has 3 aromatic carbocycles. The van der Waals surface area contributed by atoms with Crippen LogP contribution in [0.25, 0.3) is 0 Å². The molecular weight excluding hydrogens is 445 g/mol. The Hall–Kier alpha value is -3.84. The van der Waals surface area contributed by atoms with E-state index >= 15 is 0 Å². The standard InChI is InChI=1S/C25H21ClFN3O3/c1-32-21-8-10-22(11-9-21)33-16-17-2-4-18(5-3-17)25(31)28-24-12-13-30(29-24)15-19-6-7-20(27)14-23(19)26/h2-14H,15-16H2,1H3,(H,28,29,31). The van der Waals surface area contributed by atoms with E-state index in [1.807, 2.05) is 36.4 Å². The minimum atomic E-state index is -0.393. The maximum absolute atomic E-state index is 13.2. The number of benzene rings is 3. The minimum Gasteiger partial charge on any atom is -0.497 e. The highest BCUT2D eigenvalue weighted by Crippen LogP contribution is 2.20. The molecule has 0 aliphatic rings. The van der Waals surface area contributed by atoms with E-state index in [0.29, 0.717) is 29.6 Å². The highest BCUT2D eigenvalue weighted by molar-refractivity contribution is 6.31. The van der Waals surface area contributed by atoms with Crippen molar-refractivity contribution in [2.24, 2.45) is 0 Å². The van der Waals surface area contributed by atoms with Crippen molar-refractivity contribution in [3.63, 3.8) is 0 Å². The topological polar surface area (TPSA) is 65.4 Å². The van der Waals surface area contributed by atoms with Crippen LogP contribution in [0.3, 0.4) is 0 Å². The van der Waals surface area contributed by atoms with Crippen LogP contribution in [0.15, 0.2) is 79.0 Å². The SMILES string of the molecule is COc1ccc(OCc2ccc(C(=O)Nc3ccn(Cc4ccc(F)cc4Cl)n3)cc2)cc1. The van der Waals surface area contributed by atoms with Gasteiger partial charge in [0.15, 0.2) is 5.82 Å². The Bertz CT molecular complexity index is 1240. The zero-order valence-electron chi connectivity index (χ0n) is 17.8. The zero-order chi connectivity index (χ0) is 23.2. The summed E-state index contributed by atoms with van der Waals surface area (Å²) in [7, 11) is 1.61. The van der Waals surface area contributed by atoms with Gasteiger partial charge in [0, 0.05) is 22.8 Å². The number of carbonyl (C=O) groups excluding carboxylic acids is 1. The first-order valence-electron chi connectivity index (χ1n) is 10.1. The van der Waals surface area contributed by atoms with Crippen molar-refractivity contribution in [1.82, 2.24) is 9.78 Å². The van der Waals surface area contributed by atoms with Crippen molar-refractivity contribution in [3.05, 3.63) is 107 Å². The molecule has 0 saturated heterocycles. The molecule has 1 amide bonds. The molecule has 33 heavy (non-hydrogen) atoms. The average Bonchev–Trinajstić information content (AvgIpc) is 3.27. The number of methoxy groups -OCH3 is 1. The van der Waals surface area contributed by atoms with Crippen LogP contribution in [0, 0.1) is 5.82 Å². The normalized spacial score (nSPS) is 10.6. The number of rotatable bonds is 8. The molecule has 0 spiro atoms. The number of anilines is 1. The maximum Gasteiger partial charge on any atom is 0.256 e. The third kappa shape index (κ3) is 5.90. The second-order valence-electron chi connectivity index (χ2n) is 7.25. The fourth-order valence-corrected chi connectivity index (χ4v) is 3.35. The van der Waals surface area contributed by atoms with E-state index in [2.05, 4.69) is 10.4 Å². The van der Waals surface area contributed by atoms with Gasteiger partial charge in [-0.15, -0.1) is 0 Å². The molecule has 0 radical (unpaired) electrons. The summed E-state index contributed by atoms with van der Waals surface area (Å²) in [4.78, 5) is 12.6. The number of hydrogen-bond donors (Lipinski definition) is 1. The predicted molar refractivity (Wildman–Crippen MR) is 124 cm³/mol. The first kappa shape index (κ1) is 22.4. The third-order valence-electron chi connectivity index (χ3n) is 4.91. The Morgan fingerprint density at radius 1 is 1.03 bits per heavy atom. The van der Waals surface area contributed by atoms with Gasteiger partial charge in [0.25, 0.3) is 5.91 Å².